The molecule has 7 nitrogen and oxygen atoms in total. The van der Waals surface area contributed by atoms with Crippen LogP contribution in [0.2, 0.25) is 0 Å². The quantitative estimate of drug-likeness (QED) is 0.572. The number of rotatable bonds is 7. The van der Waals surface area contributed by atoms with Gasteiger partial charge in [-0.05, 0) is 75.5 Å². The summed E-state index contributed by atoms with van der Waals surface area (Å²) >= 11 is 0. The van der Waals surface area contributed by atoms with Crippen LogP contribution in [0.15, 0.2) is 36.7 Å². The standard InChI is InChI=1S/C25H32FN5O2/c1-16-14-29-24-23(16)22(6-9-28-24)33-21-5-4-18(12-19(21)26)13-20(27)25(32)31-10-7-17(8-11-31)15-30(2)3/h4-6,9,12,14,17,20H,7-8,10-11,13,15,27H2,1-3H3,(H,28,29)/t20-/m0/s1. The van der Waals surface area contributed by atoms with E-state index in [4.69, 9.17) is 10.5 Å². The van der Waals surface area contributed by atoms with Crippen molar-refractivity contribution in [3.8, 4) is 11.5 Å². The third-order valence-electron chi connectivity index (χ3n) is 6.27. The van der Waals surface area contributed by atoms with Crippen LogP contribution in [0.5, 0.6) is 11.5 Å². The van der Waals surface area contributed by atoms with Gasteiger partial charge in [0.15, 0.2) is 11.6 Å². The molecule has 1 fully saturated rings. The molecule has 4 rings (SSSR count). The molecule has 33 heavy (non-hydrogen) atoms. The van der Waals surface area contributed by atoms with Gasteiger partial charge in [0, 0.05) is 32.0 Å². The Morgan fingerprint density at radius 2 is 2.06 bits per heavy atom. The zero-order valence-corrected chi connectivity index (χ0v) is 19.5. The first-order valence-electron chi connectivity index (χ1n) is 11.4. The Morgan fingerprint density at radius 1 is 1.30 bits per heavy atom. The lowest BCUT2D eigenvalue weighted by Crippen LogP contribution is -2.48. The minimum atomic E-state index is -0.691. The second-order valence-electron chi connectivity index (χ2n) is 9.21. The van der Waals surface area contributed by atoms with Crippen molar-refractivity contribution in [2.45, 2.75) is 32.2 Å². The summed E-state index contributed by atoms with van der Waals surface area (Å²) in [6.45, 7) is 4.43. The number of hydrogen-bond donors (Lipinski definition) is 2. The first-order valence-corrected chi connectivity index (χ1v) is 11.4. The number of carbonyl (C=O) groups excluding carboxylic acids is 1. The summed E-state index contributed by atoms with van der Waals surface area (Å²) in [4.78, 5) is 24.2. The number of ether oxygens (including phenoxy) is 1. The smallest absolute Gasteiger partial charge is 0.239 e. The molecule has 1 saturated heterocycles. The van der Waals surface area contributed by atoms with Crippen LogP contribution < -0.4 is 10.5 Å². The van der Waals surface area contributed by atoms with Crippen LogP contribution in [0.4, 0.5) is 4.39 Å². The number of pyridine rings is 1. The number of aromatic nitrogens is 2. The second-order valence-corrected chi connectivity index (χ2v) is 9.21. The molecule has 2 aromatic heterocycles. The molecule has 0 aliphatic carbocycles. The van der Waals surface area contributed by atoms with Gasteiger partial charge in [0.05, 0.1) is 11.4 Å². The number of nitrogens with two attached hydrogens (primary N) is 1. The number of amides is 1. The predicted octanol–water partition coefficient (Wildman–Crippen LogP) is 3.47. The maximum Gasteiger partial charge on any atom is 0.239 e. The minimum Gasteiger partial charge on any atom is -0.453 e. The molecule has 3 aromatic rings. The zero-order valence-electron chi connectivity index (χ0n) is 19.5. The summed E-state index contributed by atoms with van der Waals surface area (Å²) in [6, 6.07) is 5.77. The highest BCUT2D eigenvalue weighted by Gasteiger charge is 2.27. The number of hydrogen-bond acceptors (Lipinski definition) is 5. The maximum absolute atomic E-state index is 14.8. The van der Waals surface area contributed by atoms with E-state index in [9.17, 15) is 9.18 Å². The van der Waals surface area contributed by atoms with Gasteiger partial charge in [-0.25, -0.2) is 9.37 Å². The van der Waals surface area contributed by atoms with Gasteiger partial charge >= 0.3 is 0 Å². The van der Waals surface area contributed by atoms with E-state index in [2.05, 4.69) is 29.0 Å². The fourth-order valence-electron chi connectivity index (χ4n) is 4.57. The van der Waals surface area contributed by atoms with Crippen LogP contribution in [0.3, 0.4) is 0 Å². The molecular formula is C25H32FN5O2. The number of carbonyl (C=O) groups is 1. The molecule has 3 heterocycles. The highest BCUT2D eigenvalue weighted by Crippen LogP contribution is 2.32. The number of piperidine rings is 1. The maximum atomic E-state index is 14.8. The largest absolute Gasteiger partial charge is 0.453 e. The molecule has 1 aromatic carbocycles. The number of aromatic amines is 1. The van der Waals surface area contributed by atoms with Crippen molar-refractivity contribution >= 4 is 16.9 Å². The Kier molecular flexibility index (Phi) is 6.95. The van der Waals surface area contributed by atoms with Crippen LogP contribution in [-0.2, 0) is 11.2 Å². The molecule has 176 valence electrons. The lowest BCUT2D eigenvalue weighted by molar-refractivity contribution is -0.134. The van der Waals surface area contributed by atoms with Gasteiger partial charge in [-0.2, -0.15) is 0 Å². The van der Waals surface area contributed by atoms with E-state index in [1.54, 1.807) is 24.4 Å². The molecule has 0 radical (unpaired) electrons. The highest BCUT2D eigenvalue weighted by atomic mass is 19.1. The average molecular weight is 454 g/mol. The SMILES string of the molecule is Cc1c[nH]c2nccc(Oc3ccc(C[C@H](N)C(=O)N4CCC(CN(C)C)CC4)cc3F)c12. The Bertz CT molecular complexity index is 1120. The summed E-state index contributed by atoms with van der Waals surface area (Å²) in [5.74, 6) is 0.708. The monoisotopic (exact) mass is 453 g/mol. The molecule has 1 aliphatic rings. The second kappa shape index (κ2) is 9.89. The van der Waals surface area contributed by atoms with Crippen molar-refractivity contribution in [1.82, 2.24) is 19.8 Å². The van der Waals surface area contributed by atoms with E-state index in [0.29, 0.717) is 22.9 Å². The summed E-state index contributed by atoms with van der Waals surface area (Å²) < 4.78 is 20.7. The molecule has 1 atom stereocenters. The fourth-order valence-corrected chi connectivity index (χ4v) is 4.57. The number of nitrogens with one attached hydrogen (secondary N) is 1. The minimum absolute atomic E-state index is 0.0684. The van der Waals surface area contributed by atoms with Crippen molar-refractivity contribution < 1.29 is 13.9 Å². The molecule has 0 saturated carbocycles. The number of benzene rings is 1. The van der Waals surface area contributed by atoms with E-state index in [-0.39, 0.29) is 18.1 Å². The normalized spacial score (nSPS) is 15.9. The Hall–Kier alpha value is -2.97. The van der Waals surface area contributed by atoms with E-state index in [1.807, 2.05) is 18.0 Å². The number of aryl methyl sites for hydroxylation is 1. The zero-order chi connectivity index (χ0) is 23.5. The Labute approximate surface area is 193 Å². The highest BCUT2D eigenvalue weighted by molar-refractivity contribution is 5.86. The third-order valence-corrected chi connectivity index (χ3v) is 6.27. The van der Waals surface area contributed by atoms with E-state index in [1.165, 1.54) is 6.07 Å². The summed E-state index contributed by atoms with van der Waals surface area (Å²) in [5.41, 5.74) is 8.54. The van der Waals surface area contributed by atoms with Gasteiger partial charge in [-0.1, -0.05) is 6.07 Å². The van der Waals surface area contributed by atoms with Gasteiger partial charge < -0.3 is 25.3 Å². The number of likely N-dealkylation sites (tertiary alicyclic amines) is 1. The first kappa shape index (κ1) is 23.2. The average Bonchev–Trinajstić information content (AvgIpc) is 3.17. The van der Waals surface area contributed by atoms with Gasteiger partial charge in [-0.15, -0.1) is 0 Å². The predicted molar refractivity (Wildman–Crippen MR) is 127 cm³/mol. The summed E-state index contributed by atoms with van der Waals surface area (Å²) in [5, 5.41) is 0.822. The fraction of sp³-hybridized carbons (Fsp3) is 0.440. The van der Waals surface area contributed by atoms with E-state index >= 15 is 0 Å². The van der Waals surface area contributed by atoms with Crippen LogP contribution in [0, 0.1) is 18.7 Å². The van der Waals surface area contributed by atoms with Gasteiger partial charge in [0.1, 0.15) is 11.4 Å². The van der Waals surface area contributed by atoms with Crippen molar-refractivity contribution in [2.24, 2.45) is 11.7 Å². The molecular weight excluding hydrogens is 421 g/mol. The molecule has 1 aliphatic heterocycles. The Morgan fingerprint density at radius 3 is 2.76 bits per heavy atom. The van der Waals surface area contributed by atoms with E-state index in [0.717, 1.165) is 43.4 Å². The molecule has 0 spiro atoms. The number of fused-ring (bicyclic) bond motifs is 1. The first-order chi connectivity index (χ1) is 15.8. The van der Waals surface area contributed by atoms with Gasteiger partial charge in [0.2, 0.25) is 5.91 Å². The third kappa shape index (κ3) is 5.34. The molecule has 8 heteroatoms. The number of halogens is 1. The van der Waals surface area contributed by atoms with Crippen LogP contribution in [-0.4, -0.2) is 65.4 Å². The van der Waals surface area contributed by atoms with Gasteiger partial charge in [0.25, 0.3) is 0 Å². The molecule has 0 bridgehead atoms. The van der Waals surface area contributed by atoms with Crippen molar-refractivity contribution in [3.05, 3.63) is 53.6 Å². The Balaban J connectivity index is 1.38. The van der Waals surface area contributed by atoms with Crippen LogP contribution >= 0.6 is 0 Å². The molecule has 1 amide bonds. The van der Waals surface area contributed by atoms with Crippen molar-refractivity contribution in [2.75, 3.05) is 33.7 Å². The van der Waals surface area contributed by atoms with Crippen molar-refractivity contribution in [1.29, 1.82) is 0 Å². The lowest BCUT2D eigenvalue weighted by Gasteiger charge is -2.34. The summed E-state index contributed by atoms with van der Waals surface area (Å²) in [7, 11) is 4.14. The number of nitrogens with zero attached hydrogens (tertiary/aromatic N) is 3. The number of H-pyrrole nitrogens is 1. The van der Waals surface area contributed by atoms with Crippen LogP contribution in [0.1, 0.15) is 24.0 Å². The van der Waals surface area contributed by atoms with Gasteiger partial charge in [-0.3, -0.25) is 4.79 Å². The molecule has 0 unspecified atom stereocenters. The topological polar surface area (TPSA) is 87.5 Å². The lowest BCUT2D eigenvalue weighted by atomic mass is 9.95. The molecule has 3 N–H and O–H groups in total. The summed E-state index contributed by atoms with van der Waals surface area (Å²) in [6.07, 6.45) is 5.71. The van der Waals surface area contributed by atoms with Crippen molar-refractivity contribution in [3.63, 3.8) is 0 Å². The van der Waals surface area contributed by atoms with E-state index < -0.39 is 11.9 Å². The van der Waals surface area contributed by atoms with Crippen LogP contribution in [0.25, 0.3) is 11.0 Å².